The molecule has 2 aliphatic rings. The van der Waals surface area contributed by atoms with Crippen LogP contribution in [0.4, 0.5) is 4.39 Å². The molecule has 3 aromatic rings. The summed E-state index contributed by atoms with van der Waals surface area (Å²) < 4.78 is 13.3. The van der Waals surface area contributed by atoms with E-state index >= 15 is 0 Å². The Morgan fingerprint density at radius 1 is 1.03 bits per heavy atom. The number of amides is 1. The zero-order chi connectivity index (χ0) is 22.2. The molecule has 1 aromatic heterocycles. The summed E-state index contributed by atoms with van der Waals surface area (Å²) in [4.78, 5) is 28.4. The number of Topliss-reactive ketones (excluding diaryl/α,β-unsaturated/α-hetero) is 1. The lowest BCUT2D eigenvalue weighted by molar-refractivity contribution is -0.140. The SMILES string of the molecule is O=C1C(=O)N(Cc2ccc(F)cc2)C(c2cccs2)/C1=C(/O)c1ccc2c(c1)CCCC2. The Balaban J connectivity index is 1.59. The molecule has 1 aliphatic heterocycles. The minimum Gasteiger partial charge on any atom is -0.507 e. The van der Waals surface area contributed by atoms with E-state index in [-0.39, 0.29) is 23.7 Å². The monoisotopic (exact) mass is 447 g/mol. The largest absolute Gasteiger partial charge is 0.507 e. The van der Waals surface area contributed by atoms with E-state index in [2.05, 4.69) is 0 Å². The van der Waals surface area contributed by atoms with Gasteiger partial charge in [-0.05, 0) is 72.0 Å². The zero-order valence-electron chi connectivity index (χ0n) is 17.4. The van der Waals surface area contributed by atoms with Crippen LogP contribution in [0.25, 0.3) is 5.76 Å². The van der Waals surface area contributed by atoms with Crippen molar-refractivity contribution in [2.24, 2.45) is 0 Å². The molecule has 0 spiro atoms. The van der Waals surface area contributed by atoms with Crippen LogP contribution in [0, 0.1) is 5.82 Å². The van der Waals surface area contributed by atoms with Gasteiger partial charge in [0.2, 0.25) is 0 Å². The smallest absolute Gasteiger partial charge is 0.295 e. The first-order chi connectivity index (χ1) is 15.5. The minimum atomic E-state index is -0.694. The van der Waals surface area contributed by atoms with Gasteiger partial charge in [-0.25, -0.2) is 4.39 Å². The first kappa shape index (κ1) is 20.6. The maximum atomic E-state index is 13.3. The van der Waals surface area contributed by atoms with Crippen LogP contribution in [0.5, 0.6) is 0 Å². The highest BCUT2D eigenvalue weighted by Gasteiger charge is 2.46. The van der Waals surface area contributed by atoms with Gasteiger partial charge in [-0.15, -0.1) is 11.3 Å². The van der Waals surface area contributed by atoms with Crippen LogP contribution in [0.2, 0.25) is 0 Å². The van der Waals surface area contributed by atoms with Crippen molar-refractivity contribution in [1.82, 2.24) is 4.90 Å². The fourth-order valence-corrected chi connectivity index (χ4v) is 5.45. The number of hydrogen-bond acceptors (Lipinski definition) is 4. The summed E-state index contributed by atoms with van der Waals surface area (Å²) in [5, 5.41) is 13.1. The lowest BCUT2D eigenvalue weighted by Crippen LogP contribution is -2.28. The van der Waals surface area contributed by atoms with E-state index in [0.717, 1.165) is 30.6 Å². The van der Waals surface area contributed by atoms with Crippen LogP contribution >= 0.6 is 11.3 Å². The van der Waals surface area contributed by atoms with Gasteiger partial charge in [-0.1, -0.05) is 30.3 Å². The van der Waals surface area contributed by atoms with Crippen molar-refractivity contribution in [3.8, 4) is 0 Å². The number of carbonyl (C=O) groups is 2. The highest BCUT2D eigenvalue weighted by molar-refractivity contribution is 7.10. The molecule has 0 radical (unpaired) electrons. The molecule has 162 valence electrons. The topological polar surface area (TPSA) is 57.6 Å². The van der Waals surface area contributed by atoms with Crippen molar-refractivity contribution in [2.75, 3.05) is 0 Å². The number of hydrogen-bond donors (Lipinski definition) is 1. The molecule has 5 rings (SSSR count). The predicted molar refractivity (Wildman–Crippen MR) is 122 cm³/mol. The molecule has 0 bridgehead atoms. The first-order valence-corrected chi connectivity index (χ1v) is 11.6. The standard InChI is InChI=1S/C26H22FNO3S/c27-20-11-7-16(8-12-20)15-28-23(21-6-3-13-32-21)22(25(30)26(28)31)24(29)19-10-9-17-4-1-2-5-18(17)14-19/h3,6-14,23,29H,1-2,4-5,15H2/b24-22-. The normalized spacial score (nSPS) is 19.9. The van der Waals surface area contributed by atoms with E-state index < -0.39 is 17.7 Å². The van der Waals surface area contributed by atoms with Gasteiger partial charge in [0.15, 0.2) is 0 Å². The van der Waals surface area contributed by atoms with Gasteiger partial charge in [0.1, 0.15) is 11.6 Å². The third-order valence-electron chi connectivity index (χ3n) is 6.24. The van der Waals surface area contributed by atoms with Crippen LogP contribution in [0.15, 0.2) is 65.6 Å². The summed E-state index contributed by atoms with van der Waals surface area (Å²) in [6, 6.07) is 14.7. The minimum absolute atomic E-state index is 0.107. The van der Waals surface area contributed by atoms with Crippen LogP contribution in [0.3, 0.4) is 0 Å². The Kier molecular flexibility index (Phi) is 5.39. The fraction of sp³-hybridized carbons (Fsp3) is 0.231. The Hall–Kier alpha value is -3.25. The quantitative estimate of drug-likeness (QED) is 0.332. The third kappa shape index (κ3) is 3.65. The van der Waals surface area contributed by atoms with E-state index in [9.17, 15) is 19.1 Å². The Morgan fingerprint density at radius 3 is 2.50 bits per heavy atom. The number of aliphatic hydroxyl groups excluding tert-OH is 1. The predicted octanol–water partition coefficient (Wildman–Crippen LogP) is 5.39. The van der Waals surface area contributed by atoms with Gasteiger partial charge < -0.3 is 10.0 Å². The van der Waals surface area contributed by atoms with Gasteiger partial charge in [0.25, 0.3) is 11.7 Å². The van der Waals surface area contributed by atoms with E-state index in [1.165, 1.54) is 39.5 Å². The molecule has 2 heterocycles. The average Bonchev–Trinajstić information content (AvgIpc) is 3.42. The lowest BCUT2D eigenvalue weighted by Gasteiger charge is -2.24. The van der Waals surface area contributed by atoms with Crippen molar-refractivity contribution in [2.45, 2.75) is 38.3 Å². The molecular weight excluding hydrogens is 425 g/mol. The van der Waals surface area contributed by atoms with Crippen LogP contribution in [0.1, 0.15) is 46.0 Å². The van der Waals surface area contributed by atoms with Gasteiger partial charge in [0.05, 0.1) is 11.6 Å². The summed E-state index contributed by atoms with van der Waals surface area (Å²) in [6.07, 6.45) is 4.23. The fourth-order valence-electron chi connectivity index (χ4n) is 4.61. The maximum absolute atomic E-state index is 13.3. The second-order valence-corrected chi connectivity index (χ2v) is 9.24. The van der Waals surface area contributed by atoms with E-state index in [0.29, 0.717) is 11.1 Å². The number of halogens is 1. The molecule has 1 N–H and O–H groups in total. The first-order valence-electron chi connectivity index (χ1n) is 10.7. The molecule has 1 amide bonds. The number of thiophene rings is 1. The zero-order valence-corrected chi connectivity index (χ0v) is 18.2. The molecule has 0 saturated carbocycles. The number of fused-ring (bicyclic) bond motifs is 1. The third-order valence-corrected chi connectivity index (χ3v) is 7.17. The summed E-state index contributed by atoms with van der Waals surface area (Å²) in [5.74, 6) is -1.86. The number of rotatable bonds is 4. The molecule has 6 heteroatoms. The van der Waals surface area contributed by atoms with Crippen LogP contribution < -0.4 is 0 Å². The number of carbonyl (C=O) groups excluding carboxylic acids is 2. The molecule has 1 fully saturated rings. The number of aryl methyl sites for hydroxylation is 2. The van der Waals surface area contributed by atoms with Crippen molar-refractivity contribution in [1.29, 1.82) is 0 Å². The molecule has 2 aromatic carbocycles. The lowest BCUT2D eigenvalue weighted by atomic mass is 9.89. The van der Waals surface area contributed by atoms with Crippen molar-refractivity contribution >= 4 is 28.8 Å². The number of aliphatic hydroxyl groups is 1. The molecule has 32 heavy (non-hydrogen) atoms. The molecule has 1 saturated heterocycles. The molecule has 1 atom stereocenters. The summed E-state index contributed by atoms with van der Waals surface area (Å²) in [6.45, 7) is 0.147. The van der Waals surface area contributed by atoms with Crippen molar-refractivity contribution < 1.29 is 19.1 Å². The Labute approximate surface area is 189 Å². The maximum Gasteiger partial charge on any atom is 0.295 e. The Morgan fingerprint density at radius 2 is 1.78 bits per heavy atom. The van der Waals surface area contributed by atoms with Gasteiger partial charge in [-0.2, -0.15) is 0 Å². The van der Waals surface area contributed by atoms with Crippen molar-refractivity contribution in [3.05, 3.63) is 98.5 Å². The number of benzene rings is 2. The summed E-state index contributed by atoms with van der Waals surface area (Å²) in [7, 11) is 0. The molecule has 1 unspecified atom stereocenters. The summed E-state index contributed by atoms with van der Waals surface area (Å²) >= 11 is 1.43. The molecule has 1 aliphatic carbocycles. The highest BCUT2D eigenvalue weighted by atomic mass is 32.1. The second kappa shape index (κ2) is 8.36. The van der Waals surface area contributed by atoms with Gasteiger partial charge >= 0.3 is 0 Å². The van der Waals surface area contributed by atoms with Crippen molar-refractivity contribution in [3.63, 3.8) is 0 Å². The van der Waals surface area contributed by atoms with E-state index in [4.69, 9.17) is 0 Å². The number of likely N-dealkylation sites (tertiary alicyclic amines) is 1. The second-order valence-electron chi connectivity index (χ2n) is 8.26. The van der Waals surface area contributed by atoms with Gasteiger partial charge in [-0.3, -0.25) is 9.59 Å². The summed E-state index contributed by atoms with van der Waals surface area (Å²) in [5.41, 5.74) is 3.85. The number of nitrogens with zero attached hydrogens (tertiary/aromatic N) is 1. The highest BCUT2D eigenvalue weighted by Crippen LogP contribution is 2.42. The van der Waals surface area contributed by atoms with Gasteiger partial charge in [0, 0.05) is 17.0 Å². The van der Waals surface area contributed by atoms with E-state index in [1.54, 1.807) is 12.1 Å². The number of ketones is 1. The Bertz CT molecular complexity index is 1210. The van der Waals surface area contributed by atoms with Crippen LogP contribution in [-0.2, 0) is 29.0 Å². The average molecular weight is 448 g/mol. The van der Waals surface area contributed by atoms with Crippen LogP contribution in [-0.4, -0.2) is 21.7 Å². The van der Waals surface area contributed by atoms with E-state index in [1.807, 2.05) is 35.7 Å². The molecule has 4 nitrogen and oxygen atoms in total. The molecular formula is C26H22FNO3S.